The second-order valence-electron chi connectivity index (χ2n) is 7.33. The second-order valence-corrected chi connectivity index (χ2v) is 7.33. The molecule has 1 aromatic carbocycles. The van der Waals surface area contributed by atoms with Gasteiger partial charge in [-0.05, 0) is 57.8 Å². The van der Waals surface area contributed by atoms with E-state index in [4.69, 9.17) is 0 Å². The zero-order valence-electron chi connectivity index (χ0n) is 14.2. The maximum absolute atomic E-state index is 3.53. The Kier molecular flexibility index (Phi) is 6.70. The van der Waals surface area contributed by atoms with Crippen molar-refractivity contribution in [1.29, 1.82) is 0 Å². The van der Waals surface area contributed by atoms with Crippen LogP contribution in [0.1, 0.15) is 45.7 Å². The van der Waals surface area contributed by atoms with E-state index in [0.717, 1.165) is 32.0 Å². The topological polar surface area (TPSA) is 15.3 Å². The summed E-state index contributed by atoms with van der Waals surface area (Å²) < 4.78 is 0. The Balaban J connectivity index is 2.40. The molecular formula is C18H32N2. The first-order valence-corrected chi connectivity index (χ1v) is 7.77. The van der Waals surface area contributed by atoms with Gasteiger partial charge in [-0.2, -0.15) is 0 Å². The lowest BCUT2D eigenvalue weighted by molar-refractivity contribution is 0.288. The maximum Gasteiger partial charge on any atom is 0.0230 e. The highest BCUT2D eigenvalue weighted by Crippen LogP contribution is 2.09. The minimum atomic E-state index is 0.208. The standard InChI is InChI=1S/C18H32N2/c1-15(2)13-20(6)14-17-9-7-16(8-10-17)11-12-19-18(3,4)5/h7-10,15,19H,11-14H2,1-6H3. The van der Waals surface area contributed by atoms with Crippen molar-refractivity contribution in [3.63, 3.8) is 0 Å². The van der Waals surface area contributed by atoms with Crippen LogP contribution in [0.3, 0.4) is 0 Å². The van der Waals surface area contributed by atoms with Crippen LogP contribution >= 0.6 is 0 Å². The fraction of sp³-hybridized carbons (Fsp3) is 0.667. The predicted molar refractivity (Wildman–Crippen MR) is 89.1 cm³/mol. The van der Waals surface area contributed by atoms with E-state index < -0.39 is 0 Å². The number of rotatable bonds is 7. The van der Waals surface area contributed by atoms with E-state index in [1.54, 1.807) is 0 Å². The van der Waals surface area contributed by atoms with Gasteiger partial charge in [0.15, 0.2) is 0 Å². The van der Waals surface area contributed by atoms with Gasteiger partial charge in [0.25, 0.3) is 0 Å². The Labute approximate surface area is 125 Å². The van der Waals surface area contributed by atoms with Gasteiger partial charge in [-0.3, -0.25) is 0 Å². The van der Waals surface area contributed by atoms with Gasteiger partial charge in [0.1, 0.15) is 0 Å². The molecule has 0 atom stereocenters. The van der Waals surface area contributed by atoms with Crippen molar-refractivity contribution < 1.29 is 0 Å². The van der Waals surface area contributed by atoms with E-state index in [1.165, 1.54) is 11.1 Å². The van der Waals surface area contributed by atoms with Gasteiger partial charge < -0.3 is 10.2 Å². The molecule has 0 aliphatic rings. The molecule has 2 nitrogen and oxygen atoms in total. The summed E-state index contributed by atoms with van der Waals surface area (Å²) in [7, 11) is 2.20. The molecule has 0 fully saturated rings. The van der Waals surface area contributed by atoms with E-state index >= 15 is 0 Å². The van der Waals surface area contributed by atoms with Crippen molar-refractivity contribution in [2.75, 3.05) is 20.1 Å². The molecule has 0 spiro atoms. The SMILES string of the molecule is CC(C)CN(C)Cc1ccc(CCNC(C)(C)C)cc1. The Morgan fingerprint density at radius 3 is 2.10 bits per heavy atom. The summed E-state index contributed by atoms with van der Waals surface area (Å²) in [5, 5.41) is 3.53. The maximum atomic E-state index is 3.53. The van der Waals surface area contributed by atoms with Gasteiger partial charge in [-0.25, -0.2) is 0 Å². The number of nitrogens with one attached hydrogen (secondary N) is 1. The quantitative estimate of drug-likeness (QED) is 0.817. The van der Waals surface area contributed by atoms with Gasteiger partial charge in [-0.15, -0.1) is 0 Å². The molecule has 0 bridgehead atoms. The summed E-state index contributed by atoms with van der Waals surface area (Å²) in [5.74, 6) is 0.725. The van der Waals surface area contributed by atoms with Crippen LogP contribution in [-0.4, -0.2) is 30.6 Å². The Morgan fingerprint density at radius 1 is 1.05 bits per heavy atom. The van der Waals surface area contributed by atoms with Crippen molar-refractivity contribution >= 4 is 0 Å². The fourth-order valence-corrected chi connectivity index (χ4v) is 2.39. The number of benzene rings is 1. The summed E-state index contributed by atoms with van der Waals surface area (Å²) in [5.41, 5.74) is 3.03. The van der Waals surface area contributed by atoms with Gasteiger partial charge >= 0.3 is 0 Å². The zero-order chi connectivity index (χ0) is 15.2. The first-order chi connectivity index (χ1) is 9.26. The molecule has 0 radical (unpaired) electrons. The molecule has 0 aliphatic carbocycles. The van der Waals surface area contributed by atoms with Crippen LogP contribution in [0.4, 0.5) is 0 Å². The summed E-state index contributed by atoms with van der Waals surface area (Å²) in [4.78, 5) is 2.39. The van der Waals surface area contributed by atoms with Crippen molar-refractivity contribution in [2.24, 2.45) is 5.92 Å². The summed E-state index contributed by atoms with van der Waals surface area (Å²) in [6.07, 6.45) is 1.10. The highest BCUT2D eigenvalue weighted by atomic mass is 15.1. The second kappa shape index (κ2) is 7.80. The third kappa shape index (κ3) is 7.66. The molecule has 0 saturated heterocycles. The van der Waals surface area contributed by atoms with Crippen LogP contribution in [0.5, 0.6) is 0 Å². The first-order valence-electron chi connectivity index (χ1n) is 7.77. The Bertz CT molecular complexity index is 373. The van der Waals surface area contributed by atoms with Gasteiger partial charge in [0.2, 0.25) is 0 Å². The molecule has 114 valence electrons. The normalized spacial score (nSPS) is 12.4. The third-order valence-corrected chi connectivity index (χ3v) is 3.22. The lowest BCUT2D eigenvalue weighted by atomic mass is 10.1. The average molecular weight is 276 g/mol. The molecule has 0 heterocycles. The molecule has 0 amide bonds. The smallest absolute Gasteiger partial charge is 0.0230 e. The van der Waals surface area contributed by atoms with Crippen molar-refractivity contribution in [2.45, 2.75) is 53.1 Å². The number of hydrogen-bond donors (Lipinski definition) is 1. The molecule has 20 heavy (non-hydrogen) atoms. The third-order valence-electron chi connectivity index (χ3n) is 3.22. The molecule has 0 unspecified atom stereocenters. The van der Waals surface area contributed by atoms with Crippen molar-refractivity contribution in [1.82, 2.24) is 10.2 Å². The van der Waals surface area contributed by atoms with Crippen LogP contribution in [0.2, 0.25) is 0 Å². The molecule has 0 aromatic heterocycles. The van der Waals surface area contributed by atoms with Gasteiger partial charge in [-0.1, -0.05) is 38.1 Å². The molecule has 1 aromatic rings. The van der Waals surface area contributed by atoms with Crippen LogP contribution in [-0.2, 0) is 13.0 Å². The largest absolute Gasteiger partial charge is 0.312 e. The zero-order valence-corrected chi connectivity index (χ0v) is 14.2. The summed E-state index contributed by atoms with van der Waals surface area (Å²) >= 11 is 0. The highest BCUT2D eigenvalue weighted by Gasteiger charge is 2.07. The molecule has 1 N–H and O–H groups in total. The van der Waals surface area contributed by atoms with E-state index in [1.807, 2.05) is 0 Å². The molecular weight excluding hydrogens is 244 g/mol. The van der Waals surface area contributed by atoms with Crippen LogP contribution in [0, 0.1) is 5.92 Å². The minimum Gasteiger partial charge on any atom is -0.312 e. The molecule has 2 heteroatoms. The van der Waals surface area contributed by atoms with Crippen LogP contribution in [0.25, 0.3) is 0 Å². The molecule has 1 rings (SSSR count). The van der Waals surface area contributed by atoms with Gasteiger partial charge in [0.05, 0.1) is 0 Å². The highest BCUT2D eigenvalue weighted by molar-refractivity contribution is 5.22. The van der Waals surface area contributed by atoms with Crippen molar-refractivity contribution in [3.05, 3.63) is 35.4 Å². The lowest BCUT2D eigenvalue weighted by Gasteiger charge is -2.21. The van der Waals surface area contributed by atoms with E-state index in [2.05, 4.69) is 76.1 Å². The van der Waals surface area contributed by atoms with Crippen molar-refractivity contribution in [3.8, 4) is 0 Å². The number of hydrogen-bond acceptors (Lipinski definition) is 2. The average Bonchev–Trinajstić information content (AvgIpc) is 2.28. The molecule has 0 aliphatic heterocycles. The lowest BCUT2D eigenvalue weighted by Crippen LogP contribution is -2.37. The van der Waals surface area contributed by atoms with E-state index in [0.29, 0.717) is 0 Å². The first kappa shape index (κ1) is 17.2. The predicted octanol–water partition coefficient (Wildman–Crippen LogP) is 3.71. The summed E-state index contributed by atoms with van der Waals surface area (Å²) in [6, 6.07) is 9.07. The monoisotopic (exact) mass is 276 g/mol. The molecule has 0 saturated carbocycles. The minimum absolute atomic E-state index is 0.208. The van der Waals surface area contributed by atoms with E-state index in [-0.39, 0.29) is 5.54 Å². The number of nitrogens with zero attached hydrogens (tertiary/aromatic N) is 1. The summed E-state index contributed by atoms with van der Waals surface area (Å²) in [6.45, 7) is 14.4. The Hall–Kier alpha value is -0.860. The van der Waals surface area contributed by atoms with E-state index in [9.17, 15) is 0 Å². The Morgan fingerprint density at radius 2 is 1.60 bits per heavy atom. The van der Waals surface area contributed by atoms with Gasteiger partial charge in [0, 0.05) is 18.6 Å². The van der Waals surface area contributed by atoms with Crippen LogP contribution < -0.4 is 5.32 Å². The fourth-order valence-electron chi connectivity index (χ4n) is 2.39. The van der Waals surface area contributed by atoms with Crippen LogP contribution in [0.15, 0.2) is 24.3 Å².